The topological polar surface area (TPSA) is 190 Å². The highest BCUT2D eigenvalue weighted by Gasteiger charge is 2.50. The van der Waals surface area contributed by atoms with Crippen molar-refractivity contribution < 1.29 is 55.1 Å². The smallest absolute Gasteiger partial charge is 0.187 e. The van der Waals surface area contributed by atoms with Gasteiger partial charge in [0.05, 0.1) is 13.2 Å². The van der Waals surface area contributed by atoms with Crippen molar-refractivity contribution in [2.75, 3.05) is 13.2 Å². The molecule has 0 aromatic heterocycles. The summed E-state index contributed by atoms with van der Waals surface area (Å²) in [7, 11) is 0. The zero-order valence-corrected chi connectivity index (χ0v) is 12.0. The first-order valence-corrected chi connectivity index (χ1v) is 7.08. The number of aliphatic hydroxyl groups is 8. The van der Waals surface area contributed by atoms with Crippen molar-refractivity contribution in [2.24, 2.45) is 0 Å². The highest BCUT2D eigenvalue weighted by Crippen LogP contribution is 2.28. The SMILES string of the molecule is OCC1O[C@@H](O[C@H]2C(CO)O[C@H](O)C(O)[C@@H]2O)C(O)[C@H](O)[C@@H]1O. The van der Waals surface area contributed by atoms with E-state index in [1.165, 1.54) is 0 Å². The molecule has 2 aliphatic rings. The molecule has 0 amide bonds. The molecule has 136 valence electrons. The van der Waals surface area contributed by atoms with Crippen LogP contribution in [0.3, 0.4) is 0 Å². The van der Waals surface area contributed by atoms with Gasteiger partial charge in [0.1, 0.15) is 48.8 Å². The number of ether oxygens (including phenoxy) is 3. The van der Waals surface area contributed by atoms with Gasteiger partial charge in [-0.1, -0.05) is 0 Å². The van der Waals surface area contributed by atoms with E-state index in [1.54, 1.807) is 0 Å². The number of hydrogen-bond donors (Lipinski definition) is 8. The summed E-state index contributed by atoms with van der Waals surface area (Å²) in [5, 5.41) is 76.5. The van der Waals surface area contributed by atoms with Gasteiger partial charge in [0.2, 0.25) is 0 Å². The van der Waals surface area contributed by atoms with Crippen molar-refractivity contribution in [3.05, 3.63) is 0 Å². The summed E-state index contributed by atoms with van der Waals surface area (Å²) >= 11 is 0. The standard InChI is InChI=1S/C12H22O11/c13-1-3-5(15)6(16)9(19)12(22-3)23-10-4(2-14)21-11(20)8(18)7(10)17/h3-20H,1-2H2/t3?,4?,5-,6-,7+,8?,9?,10+,11+,12+/m1/s1. The van der Waals surface area contributed by atoms with Crippen molar-refractivity contribution in [1.29, 1.82) is 0 Å². The molecule has 2 rings (SSSR count). The fourth-order valence-electron chi connectivity index (χ4n) is 2.57. The van der Waals surface area contributed by atoms with Crippen LogP contribution >= 0.6 is 0 Å². The minimum absolute atomic E-state index is 0.667. The Morgan fingerprint density at radius 2 is 1.26 bits per heavy atom. The first-order valence-electron chi connectivity index (χ1n) is 7.08. The fourth-order valence-corrected chi connectivity index (χ4v) is 2.57. The second-order valence-electron chi connectivity index (χ2n) is 5.53. The van der Waals surface area contributed by atoms with E-state index in [9.17, 15) is 35.7 Å². The second-order valence-corrected chi connectivity index (χ2v) is 5.53. The predicted molar refractivity (Wildman–Crippen MR) is 68.6 cm³/mol. The van der Waals surface area contributed by atoms with Gasteiger partial charge >= 0.3 is 0 Å². The molecule has 0 saturated carbocycles. The zero-order chi connectivity index (χ0) is 17.3. The average molecular weight is 342 g/mol. The predicted octanol–water partition coefficient (Wildman–Crippen LogP) is -5.40. The molecule has 0 aromatic carbocycles. The quantitative estimate of drug-likeness (QED) is 0.243. The molecule has 2 heterocycles. The fraction of sp³-hybridized carbons (Fsp3) is 1.00. The minimum Gasteiger partial charge on any atom is -0.394 e. The Hall–Kier alpha value is -0.440. The number of hydrogen-bond acceptors (Lipinski definition) is 11. The third-order valence-corrected chi connectivity index (χ3v) is 3.98. The molecule has 0 bridgehead atoms. The third-order valence-electron chi connectivity index (χ3n) is 3.98. The highest BCUT2D eigenvalue weighted by atomic mass is 16.7. The van der Waals surface area contributed by atoms with Gasteiger partial charge in [0.25, 0.3) is 0 Å². The van der Waals surface area contributed by atoms with Crippen molar-refractivity contribution >= 4 is 0 Å². The van der Waals surface area contributed by atoms with Gasteiger partial charge < -0.3 is 55.1 Å². The van der Waals surface area contributed by atoms with Crippen LogP contribution in [-0.2, 0) is 14.2 Å². The third kappa shape index (κ3) is 3.65. The lowest BCUT2D eigenvalue weighted by Gasteiger charge is -2.45. The Labute approximate surface area is 130 Å². The van der Waals surface area contributed by atoms with Crippen LogP contribution in [0.5, 0.6) is 0 Å². The maximum absolute atomic E-state index is 9.94. The van der Waals surface area contributed by atoms with Gasteiger partial charge in [-0.3, -0.25) is 0 Å². The van der Waals surface area contributed by atoms with Crippen LogP contribution < -0.4 is 0 Å². The molecule has 11 nitrogen and oxygen atoms in total. The van der Waals surface area contributed by atoms with E-state index < -0.39 is 74.6 Å². The van der Waals surface area contributed by atoms with Gasteiger partial charge in [0.15, 0.2) is 12.6 Å². The highest BCUT2D eigenvalue weighted by molar-refractivity contribution is 4.93. The summed E-state index contributed by atoms with van der Waals surface area (Å²) in [4.78, 5) is 0. The van der Waals surface area contributed by atoms with Crippen molar-refractivity contribution in [3.63, 3.8) is 0 Å². The van der Waals surface area contributed by atoms with Crippen LogP contribution in [0, 0.1) is 0 Å². The average Bonchev–Trinajstić information content (AvgIpc) is 2.55. The van der Waals surface area contributed by atoms with Gasteiger partial charge in [-0.25, -0.2) is 0 Å². The minimum atomic E-state index is -1.74. The lowest BCUT2D eigenvalue weighted by Crippen LogP contribution is -2.64. The van der Waals surface area contributed by atoms with Crippen LogP contribution in [0.15, 0.2) is 0 Å². The number of rotatable bonds is 4. The van der Waals surface area contributed by atoms with Crippen LogP contribution in [-0.4, -0.2) is 115 Å². The summed E-state index contributed by atoms with van der Waals surface area (Å²) in [6, 6.07) is 0. The van der Waals surface area contributed by atoms with Gasteiger partial charge in [0, 0.05) is 0 Å². The second kappa shape index (κ2) is 7.63. The van der Waals surface area contributed by atoms with E-state index in [-0.39, 0.29) is 0 Å². The Morgan fingerprint density at radius 3 is 1.83 bits per heavy atom. The van der Waals surface area contributed by atoms with E-state index in [0.717, 1.165) is 0 Å². The molecule has 23 heavy (non-hydrogen) atoms. The summed E-state index contributed by atoms with van der Waals surface area (Å²) in [5.74, 6) is 0. The zero-order valence-electron chi connectivity index (χ0n) is 12.0. The number of aliphatic hydroxyl groups excluding tert-OH is 8. The van der Waals surface area contributed by atoms with Crippen LogP contribution in [0.1, 0.15) is 0 Å². The molecular formula is C12H22O11. The molecule has 0 radical (unpaired) electrons. The monoisotopic (exact) mass is 342 g/mol. The van der Waals surface area contributed by atoms with Gasteiger partial charge in [-0.2, -0.15) is 0 Å². The molecule has 0 spiro atoms. The molecular weight excluding hydrogens is 320 g/mol. The first kappa shape index (κ1) is 18.9. The Balaban J connectivity index is 2.11. The van der Waals surface area contributed by atoms with Crippen molar-refractivity contribution in [1.82, 2.24) is 0 Å². The van der Waals surface area contributed by atoms with Crippen molar-refractivity contribution in [2.45, 2.75) is 61.4 Å². The van der Waals surface area contributed by atoms with Gasteiger partial charge in [-0.15, -0.1) is 0 Å². The van der Waals surface area contributed by atoms with E-state index in [4.69, 9.17) is 19.3 Å². The largest absolute Gasteiger partial charge is 0.394 e. The molecule has 0 aliphatic carbocycles. The lowest BCUT2D eigenvalue weighted by molar-refractivity contribution is -0.355. The normalized spacial score (nSPS) is 51.7. The molecule has 2 fully saturated rings. The molecule has 4 unspecified atom stereocenters. The summed E-state index contributed by atoms with van der Waals surface area (Å²) in [6.45, 7) is -1.35. The summed E-state index contributed by atoms with van der Waals surface area (Å²) in [6.07, 6.45) is -15.6. The van der Waals surface area contributed by atoms with E-state index in [1.807, 2.05) is 0 Å². The summed E-state index contributed by atoms with van der Waals surface area (Å²) < 4.78 is 15.3. The lowest BCUT2D eigenvalue weighted by atomic mass is 9.97. The molecule has 11 heteroatoms. The van der Waals surface area contributed by atoms with Crippen LogP contribution in [0.2, 0.25) is 0 Å². The van der Waals surface area contributed by atoms with E-state index in [2.05, 4.69) is 0 Å². The first-order chi connectivity index (χ1) is 10.8. The molecule has 0 aromatic rings. The Bertz CT molecular complexity index is 378. The van der Waals surface area contributed by atoms with Crippen LogP contribution in [0.4, 0.5) is 0 Å². The van der Waals surface area contributed by atoms with Gasteiger partial charge in [-0.05, 0) is 0 Å². The molecule has 2 saturated heterocycles. The Morgan fingerprint density at radius 1 is 0.652 bits per heavy atom. The van der Waals surface area contributed by atoms with E-state index >= 15 is 0 Å². The maximum Gasteiger partial charge on any atom is 0.187 e. The molecule has 8 N–H and O–H groups in total. The maximum atomic E-state index is 9.94. The Kier molecular flexibility index (Phi) is 6.27. The molecule has 10 atom stereocenters. The molecule has 2 aliphatic heterocycles. The van der Waals surface area contributed by atoms with Crippen LogP contribution in [0.25, 0.3) is 0 Å². The van der Waals surface area contributed by atoms with E-state index in [0.29, 0.717) is 0 Å². The summed E-state index contributed by atoms with van der Waals surface area (Å²) in [5.41, 5.74) is 0. The van der Waals surface area contributed by atoms with Crippen molar-refractivity contribution in [3.8, 4) is 0 Å².